The molecule has 0 spiro atoms. The van der Waals surface area contributed by atoms with Gasteiger partial charge in [0.1, 0.15) is 5.75 Å². The lowest BCUT2D eigenvalue weighted by molar-refractivity contribution is -0.117. The lowest BCUT2D eigenvalue weighted by atomic mass is 10.2. The molecule has 0 aliphatic heterocycles. The number of anilines is 1. The summed E-state index contributed by atoms with van der Waals surface area (Å²) in [4.78, 5) is 11.7. The van der Waals surface area contributed by atoms with Crippen LogP contribution in [-0.2, 0) is 4.79 Å². The van der Waals surface area contributed by atoms with E-state index in [0.29, 0.717) is 23.1 Å². The Kier molecular flexibility index (Phi) is 4.83. The molecule has 3 nitrogen and oxygen atoms in total. The first-order valence-electron chi connectivity index (χ1n) is 5.27. The van der Waals surface area contributed by atoms with Crippen LogP contribution in [0.4, 0.5) is 5.69 Å². The van der Waals surface area contributed by atoms with E-state index in [1.54, 1.807) is 32.0 Å². The zero-order chi connectivity index (χ0) is 13.1. The second-order valence-corrected chi connectivity index (χ2v) is 6.39. The molecule has 0 heterocycles. The highest BCUT2D eigenvalue weighted by atomic mass is 79.9. The number of ether oxygens (including phenoxy) is 1. The van der Waals surface area contributed by atoms with Crippen LogP contribution in [-0.4, -0.2) is 16.8 Å². The van der Waals surface area contributed by atoms with Gasteiger partial charge in [-0.15, -0.1) is 0 Å². The van der Waals surface area contributed by atoms with Gasteiger partial charge >= 0.3 is 0 Å². The molecule has 0 saturated carbocycles. The van der Waals surface area contributed by atoms with Crippen LogP contribution in [0.15, 0.2) is 18.2 Å². The summed E-state index contributed by atoms with van der Waals surface area (Å²) in [6.07, 6.45) is 0. The van der Waals surface area contributed by atoms with E-state index in [-0.39, 0.29) is 5.91 Å². The Labute approximate surface area is 115 Å². The van der Waals surface area contributed by atoms with Crippen LogP contribution in [0.1, 0.15) is 20.8 Å². The normalized spacial score (nSPS) is 11.1. The van der Waals surface area contributed by atoms with Crippen molar-refractivity contribution in [2.75, 3.05) is 11.9 Å². The first-order valence-corrected chi connectivity index (χ1v) is 6.44. The number of amides is 1. The first kappa shape index (κ1) is 14.3. The molecule has 0 aromatic heterocycles. The molecule has 1 rings (SSSR count). The van der Waals surface area contributed by atoms with E-state index >= 15 is 0 Å². The van der Waals surface area contributed by atoms with Gasteiger partial charge in [0, 0.05) is 5.69 Å². The summed E-state index contributed by atoms with van der Waals surface area (Å²) in [6, 6.07) is 5.17. The van der Waals surface area contributed by atoms with Gasteiger partial charge < -0.3 is 10.1 Å². The average molecular weight is 321 g/mol. The second kappa shape index (κ2) is 5.74. The molecule has 0 radical (unpaired) electrons. The molecule has 0 saturated heterocycles. The topological polar surface area (TPSA) is 38.3 Å². The number of carbonyl (C=O) groups is 1. The summed E-state index contributed by atoms with van der Waals surface area (Å²) in [5.41, 5.74) is 0.649. The SMILES string of the molecule is CCOc1ccc(NC(=O)C(C)(C)Br)cc1Cl. The van der Waals surface area contributed by atoms with Crippen molar-refractivity contribution in [1.82, 2.24) is 0 Å². The summed E-state index contributed by atoms with van der Waals surface area (Å²) >= 11 is 9.31. The van der Waals surface area contributed by atoms with Crippen molar-refractivity contribution in [3.63, 3.8) is 0 Å². The van der Waals surface area contributed by atoms with Crippen LogP contribution >= 0.6 is 27.5 Å². The highest BCUT2D eigenvalue weighted by Gasteiger charge is 2.23. The molecule has 17 heavy (non-hydrogen) atoms. The van der Waals surface area contributed by atoms with Gasteiger partial charge in [0.05, 0.1) is 16.0 Å². The monoisotopic (exact) mass is 319 g/mol. The van der Waals surface area contributed by atoms with Gasteiger partial charge in [0.25, 0.3) is 0 Å². The molecule has 0 fully saturated rings. The van der Waals surface area contributed by atoms with Gasteiger partial charge in [-0.3, -0.25) is 4.79 Å². The first-order chi connectivity index (χ1) is 7.84. The molecule has 0 aliphatic rings. The highest BCUT2D eigenvalue weighted by molar-refractivity contribution is 9.10. The van der Waals surface area contributed by atoms with E-state index in [1.807, 2.05) is 6.92 Å². The Morgan fingerprint density at radius 1 is 1.53 bits per heavy atom. The Morgan fingerprint density at radius 2 is 2.18 bits per heavy atom. The molecule has 1 amide bonds. The van der Waals surface area contributed by atoms with E-state index in [2.05, 4.69) is 21.2 Å². The summed E-state index contributed by atoms with van der Waals surface area (Å²) < 4.78 is 4.70. The predicted molar refractivity (Wildman–Crippen MR) is 74.3 cm³/mol. The van der Waals surface area contributed by atoms with Gasteiger partial charge in [-0.25, -0.2) is 0 Å². The number of carbonyl (C=O) groups excluding carboxylic acids is 1. The van der Waals surface area contributed by atoms with E-state index in [0.717, 1.165) is 0 Å². The standard InChI is InChI=1S/C12H15BrClNO2/c1-4-17-10-6-5-8(7-9(10)14)15-11(16)12(2,3)13/h5-7H,4H2,1-3H3,(H,15,16). The summed E-state index contributed by atoms with van der Waals surface area (Å²) in [5.74, 6) is 0.489. The fourth-order valence-corrected chi connectivity index (χ4v) is 1.47. The number of rotatable bonds is 4. The fraction of sp³-hybridized carbons (Fsp3) is 0.417. The summed E-state index contributed by atoms with van der Waals surface area (Å²) in [7, 11) is 0. The molecular formula is C12H15BrClNO2. The molecule has 94 valence electrons. The highest BCUT2D eigenvalue weighted by Crippen LogP contribution is 2.28. The van der Waals surface area contributed by atoms with Gasteiger partial charge in [-0.05, 0) is 39.0 Å². The van der Waals surface area contributed by atoms with E-state index in [4.69, 9.17) is 16.3 Å². The van der Waals surface area contributed by atoms with E-state index in [1.165, 1.54) is 0 Å². The molecule has 1 aromatic carbocycles. The second-order valence-electron chi connectivity index (χ2n) is 4.00. The Hall–Kier alpha value is -0.740. The minimum Gasteiger partial charge on any atom is -0.492 e. The quantitative estimate of drug-likeness (QED) is 0.856. The van der Waals surface area contributed by atoms with Crippen molar-refractivity contribution in [2.45, 2.75) is 25.1 Å². The molecule has 1 aromatic rings. The number of hydrogen-bond donors (Lipinski definition) is 1. The van der Waals surface area contributed by atoms with Crippen molar-refractivity contribution in [3.8, 4) is 5.75 Å². The van der Waals surface area contributed by atoms with E-state index < -0.39 is 4.32 Å². The number of hydrogen-bond acceptors (Lipinski definition) is 2. The third-order valence-corrected chi connectivity index (χ3v) is 2.69. The lowest BCUT2D eigenvalue weighted by Gasteiger charge is -2.16. The largest absolute Gasteiger partial charge is 0.492 e. The molecule has 1 N–H and O–H groups in total. The third kappa shape index (κ3) is 4.21. The Bertz CT molecular complexity index is 415. The van der Waals surface area contributed by atoms with E-state index in [9.17, 15) is 4.79 Å². The number of benzene rings is 1. The molecule has 5 heteroatoms. The maximum absolute atomic E-state index is 11.7. The van der Waals surface area contributed by atoms with Gasteiger partial charge in [0.15, 0.2) is 0 Å². The summed E-state index contributed by atoms with van der Waals surface area (Å²) in [5, 5.41) is 3.25. The third-order valence-electron chi connectivity index (χ3n) is 2.03. The maximum Gasteiger partial charge on any atom is 0.240 e. The number of halogens is 2. The van der Waals surface area contributed by atoms with Crippen molar-refractivity contribution in [1.29, 1.82) is 0 Å². The van der Waals surface area contributed by atoms with Gasteiger partial charge in [0.2, 0.25) is 5.91 Å². The lowest BCUT2D eigenvalue weighted by Crippen LogP contribution is -2.30. The molecule has 0 bridgehead atoms. The van der Waals surface area contributed by atoms with Crippen LogP contribution in [0, 0.1) is 0 Å². The molecule has 0 aliphatic carbocycles. The fourth-order valence-electron chi connectivity index (χ4n) is 1.13. The zero-order valence-electron chi connectivity index (χ0n) is 10.0. The smallest absolute Gasteiger partial charge is 0.240 e. The van der Waals surface area contributed by atoms with Crippen LogP contribution < -0.4 is 10.1 Å². The van der Waals surface area contributed by atoms with Crippen LogP contribution in [0.25, 0.3) is 0 Å². The van der Waals surface area contributed by atoms with Crippen molar-refractivity contribution in [2.24, 2.45) is 0 Å². The molecule has 0 unspecified atom stereocenters. The maximum atomic E-state index is 11.7. The summed E-state index contributed by atoms with van der Waals surface area (Å²) in [6.45, 7) is 6.00. The minimum absolute atomic E-state index is 0.127. The Balaban J connectivity index is 2.81. The van der Waals surface area contributed by atoms with Crippen molar-refractivity contribution in [3.05, 3.63) is 23.2 Å². The predicted octanol–water partition coefficient (Wildman–Crippen LogP) is 3.85. The van der Waals surface area contributed by atoms with Crippen LogP contribution in [0.2, 0.25) is 5.02 Å². The van der Waals surface area contributed by atoms with Gasteiger partial charge in [-0.2, -0.15) is 0 Å². The number of nitrogens with one attached hydrogen (secondary N) is 1. The average Bonchev–Trinajstić information content (AvgIpc) is 2.21. The van der Waals surface area contributed by atoms with Crippen LogP contribution in [0.5, 0.6) is 5.75 Å². The zero-order valence-corrected chi connectivity index (χ0v) is 12.4. The molecule has 0 atom stereocenters. The van der Waals surface area contributed by atoms with Gasteiger partial charge in [-0.1, -0.05) is 27.5 Å². The van der Waals surface area contributed by atoms with Crippen molar-refractivity contribution < 1.29 is 9.53 Å². The molecular weight excluding hydrogens is 305 g/mol. The van der Waals surface area contributed by atoms with Crippen LogP contribution in [0.3, 0.4) is 0 Å². The Morgan fingerprint density at radius 3 is 2.65 bits per heavy atom. The van der Waals surface area contributed by atoms with Crippen molar-refractivity contribution >= 4 is 39.1 Å². The number of alkyl halides is 1. The minimum atomic E-state index is -0.613.